The first-order valence-corrected chi connectivity index (χ1v) is 25.5. The molecule has 3 N–H and O–H groups in total. The van der Waals surface area contributed by atoms with E-state index in [1.165, 1.54) is 96.3 Å². The van der Waals surface area contributed by atoms with E-state index in [0.717, 1.165) is 103 Å². The third-order valence-corrected chi connectivity index (χ3v) is 11.3. The summed E-state index contributed by atoms with van der Waals surface area (Å²) in [5.74, 6) is -0.527. The van der Waals surface area contributed by atoms with Gasteiger partial charge in [-0.2, -0.15) is 0 Å². The van der Waals surface area contributed by atoms with Crippen molar-refractivity contribution in [1.82, 2.24) is 5.32 Å². The summed E-state index contributed by atoms with van der Waals surface area (Å²) >= 11 is 0. The van der Waals surface area contributed by atoms with Gasteiger partial charge < -0.3 is 20.3 Å². The van der Waals surface area contributed by atoms with Crippen molar-refractivity contribution in [2.24, 2.45) is 0 Å². The van der Waals surface area contributed by atoms with E-state index in [0.29, 0.717) is 19.3 Å². The second-order valence-electron chi connectivity index (χ2n) is 17.2. The molecule has 0 bridgehead atoms. The Labute approximate surface area is 371 Å². The van der Waals surface area contributed by atoms with Crippen molar-refractivity contribution in [3.8, 4) is 0 Å². The van der Waals surface area contributed by atoms with E-state index in [4.69, 9.17) is 4.74 Å². The Balaban J connectivity index is 4.55. The van der Waals surface area contributed by atoms with Crippen molar-refractivity contribution in [3.05, 3.63) is 60.8 Å². The molecule has 0 aliphatic rings. The van der Waals surface area contributed by atoms with E-state index in [2.05, 4.69) is 86.8 Å². The first-order valence-electron chi connectivity index (χ1n) is 25.5. The molecule has 0 spiro atoms. The molecule has 6 heteroatoms. The Hall–Kier alpha value is -2.44. The summed E-state index contributed by atoms with van der Waals surface area (Å²) in [6, 6.07) is -0.713. The molecule has 3 unspecified atom stereocenters. The summed E-state index contributed by atoms with van der Waals surface area (Å²) in [6.07, 6.45) is 58.5. The largest absolute Gasteiger partial charge is 0.462 e. The summed E-state index contributed by atoms with van der Waals surface area (Å²) in [4.78, 5) is 26.1. The molecule has 0 rings (SSSR count). The number of esters is 1. The van der Waals surface area contributed by atoms with Crippen molar-refractivity contribution in [2.45, 2.75) is 264 Å². The molecule has 0 radical (unpaired) electrons. The molecule has 0 aliphatic heterocycles. The molecule has 0 aromatic carbocycles. The van der Waals surface area contributed by atoms with Crippen molar-refractivity contribution in [1.29, 1.82) is 0 Å². The number of aliphatic hydroxyl groups is 2. The number of allylic oxidation sites excluding steroid dienone is 10. The topological polar surface area (TPSA) is 95.9 Å². The fourth-order valence-electron chi connectivity index (χ4n) is 7.47. The first kappa shape index (κ1) is 57.6. The highest BCUT2D eigenvalue weighted by atomic mass is 16.5. The number of ether oxygens (including phenoxy) is 1. The van der Waals surface area contributed by atoms with E-state index >= 15 is 0 Å². The predicted molar refractivity (Wildman–Crippen MR) is 259 cm³/mol. The van der Waals surface area contributed by atoms with Gasteiger partial charge in [0.05, 0.1) is 25.2 Å². The number of carbonyl (C=O) groups excluding carboxylic acids is 2. The normalized spacial score (nSPS) is 13.8. The molecule has 1 amide bonds. The maximum atomic E-state index is 13.2. The summed E-state index contributed by atoms with van der Waals surface area (Å²) in [5.41, 5.74) is 0. The number of amides is 1. The summed E-state index contributed by atoms with van der Waals surface area (Å²) in [5, 5.41) is 23.7. The van der Waals surface area contributed by atoms with Crippen LogP contribution in [0.3, 0.4) is 0 Å². The molecule has 0 aliphatic carbocycles. The van der Waals surface area contributed by atoms with Gasteiger partial charge in [0.15, 0.2) is 0 Å². The van der Waals surface area contributed by atoms with E-state index in [1.807, 2.05) is 0 Å². The molecular weight excluding hydrogens is 743 g/mol. The molecule has 0 heterocycles. The average molecular weight is 840 g/mol. The van der Waals surface area contributed by atoms with Gasteiger partial charge in [0.1, 0.15) is 6.10 Å². The summed E-state index contributed by atoms with van der Waals surface area (Å²) in [6.45, 7) is 6.33. The zero-order chi connectivity index (χ0) is 43.8. The van der Waals surface area contributed by atoms with Crippen LogP contribution in [0.15, 0.2) is 60.8 Å². The van der Waals surface area contributed by atoms with Gasteiger partial charge in [0.25, 0.3) is 0 Å². The molecule has 0 aromatic rings. The SMILES string of the molecule is CC/C=C/C/C=C/C/C=C/C/C=C/CCCCCC(=O)OC(CCCCC/C=C\CCCCC)CC(=O)NC(CO)C(O)CCCCCCCCCCCCCCCCC. The van der Waals surface area contributed by atoms with Crippen molar-refractivity contribution in [3.63, 3.8) is 0 Å². The standard InChI is InChI=1S/C54H97NO5/c1-4-7-10-13-16-19-22-24-26-28-30-32-35-38-41-44-47-54(59)60-50(45-42-39-36-33-21-18-15-12-9-6-3)48-53(58)55-51(49-56)52(57)46-43-40-37-34-31-29-27-25-23-20-17-14-11-8-5-2/h7,10,16,18-19,21,24,26,30,32,50-52,56-57H,4-6,8-9,11-15,17,20,22-23,25,27-29,31,33-49H2,1-3H3,(H,55,58)/b10-7+,19-16+,21-18-,26-24+,32-30+. The minimum Gasteiger partial charge on any atom is -0.462 e. The van der Waals surface area contributed by atoms with Crippen LogP contribution in [0.2, 0.25) is 0 Å². The minimum atomic E-state index is -0.798. The van der Waals surface area contributed by atoms with Gasteiger partial charge in [-0.1, -0.05) is 204 Å². The number of unbranched alkanes of at least 4 members (excludes halogenated alkanes) is 23. The van der Waals surface area contributed by atoms with Gasteiger partial charge in [-0.3, -0.25) is 9.59 Å². The van der Waals surface area contributed by atoms with Crippen molar-refractivity contribution >= 4 is 11.9 Å². The Morgan fingerprint density at radius 1 is 0.500 bits per heavy atom. The monoisotopic (exact) mass is 840 g/mol. The number of aliphatic hydroxyl groups excluding tert-OH is 2. The molecule has 60 heavy (non-hydrogen) atoms. The van der Waals surface area contributed by atoms with Crippen LogP contribution in [0, 0.1) is 0 Å². The molecule has 348 valence electrons. The Morgan fingerprint density at radius 2 is 0.900 bits per heavy atom. The van der Waals surface area contributed by atoms with E-state index in [1.54, 1.807) is 0 Å². The summed E-state index contributed by atoms with van der Waals surface area (Å²) in [7, 11) is 0. The fraction of sp³-hybridized carbons (Fsp3) is 0.778. The van der Waals surface area contributed by atoms with Crippen LogP contribution in [0.5, 0.6) is 0 Å². The highest BCUT2D eigenvalue weighted by molar-refractivity contribution is 5.77. The third kappa shape index (κ3) is 42.3. The maximum Gasteiger partial charge on any atom is 0.306 e. The predicted octanol–water partition coefficient (Wildman–Crippen LogP) is 15.2. The number of hydrogen-bond acceptors (Lipinski definition) is 5. The summed E-state index contributed by atoms with van der Waals surface area (Å²) < 4.78 is 5.90. The molecule has 0 saturated heterocycles. The van der Waals surface area contributed by atoms with Gasteiger partial charge in [0.2, 0.25) is 5.91 Å². The minimum absolute atomic E-state index is 0.0527. The number of carbonyl (C=O) groups is 2. The van der Waals surface area contributed by atoms with Gasteiger partial charge in [0, 0.05) is 6.42 Å². The lowest BCUT2D eigenvalue weighted by atomic mass is 10.0. The van der Waals surface area contributed by atoms with E-state index < -0.39 is 18.2 Å². The molecule has 0 saturated carbocycles. The highest BCUT2D eigenvalue weighted by Crippen LogP contribution is 2.17. The fourth-order valence-corrected chi connectivity index (χ4v) is 7.47. The third-order valence-electron chi connectivity index (χ3n) is 11.3. The number of nitrogens with one attached hydrogen (secondary N) is 1. The van der Waals surface area contributed by atoms with Crippen LogP contribution >= 0.6 is 0 Å². The Morgan fingerprint density at radius 3 is 1.42 bits per heavy atom. The molecule has 6 nitrogen and oxygen atoms in total. The molecular formula is C54H97NO5. The van der Waals surface area contributed by atoms with Crippen LogP contribution in [-0.2, 0) is 14.3 Å². The van der Waals surface area contributed by atoms with Crippen LogP contribution in [0.25, 0.3) is 0 Å². The van der Waals surface area contributed by atoms with Gasteiger partial charge in [-0.15, -0.1) is 0 Å². The highest BCUT2D eigenvalue weighted by Gasteiger charge is 2.24. The first-order chi connectivity index (χ1) is 29.5. The van der Waals surface area contributed by atoms with Gasteiger partial charge >= 0.3 is 5.97 Å². The van der Waals surface area contributed by atoms with Gasteiger partial charge in [-0.25, -0.2) is 0 Å². The Bertz CT molecular complexity index is 1080. The quantitative estimate of drug-likeness (QED) is 0.0322. The number of rotatable bonds is 45. The van der Waals surface area contributed by atoms with E-state index in [-0.39, 0.29) is 24.9 Å². The lowest BCUT2D eigenvalue weighted by Crippen LogP contribution is -2.46. The average Bonchev–Trinajstić information content (AvgIpc) is 3.24. The van der Waals surface area contributed by atoms with E-state index in [9.17, 15) is 19.8 Å². The van der Waals surface area contributed by atoms with Crippen LogP contribution in [0.4, 0.5) is 0 Å². The van der Waals surface area contributed by atoms with Gasteiger partial charge in [-0.05, 0) is 89.9 Å². The zero-order valence-corrected chi connectivity index (χ0v) is 39.6. The van der Waals surface area contributed by atoms with Crippen LogP contribution in [0.1, 0.15) is 245 Å². The van der Waals surface area contributed by atoms with Crippen LogP contribution < -0.4 is 5.32 Å². The van der Waals surface area contributed by atoms with Crippen LogP contribution in [-0.4, -0.2) is 46.9 Å². The molecule has 0 fully saturated rings. The number of hydrogen-bond donors (Lipinski definition) is 3. The molecule has 3 atom stereocenters. The lowest BCUT2D eigenvalue weighted by molar-refractivity contribution is -0.151. The van der Waals surface area contributed by atoms with Crippen molar-refractivity contribution in [2.75, 3.05) is 6.61 Å². The second-order valence-corrected chi connectivity index (χ2v) is 17.2. The maximum absolute atomic E-state index is 13.2. The van der Waals surface area contributed by atoms with Crippen molar-refractivity contribution < 1.29 is 24.5 Å². The smallest absolute Gasteiger partial charge is 0.306 e. The Kier molecular flexibility index (Phi) is 45.7. The molecule has 0 aromatic heterocycles. The lowest BCUT2D eigenvalue weighted by Gasteiger charge is -2.24. The zero-order valence-electron chi connectivity index (χ0n) is 39.6. The second kappa shape index (κ2) is 47.6.